The van der Waals surface area contributed by atoms with E-state index in [1.54, 1.807) is 0 Å². The summed E-state index contributed by atoms with van der Waals surface area (Å²) in [6.45, 7) is 24.2. The molecule has 0 aromatic rings. The van der Waals surface area contributed by atoms with Gasteiger partial charge in [0.2, 0.25) is 0 Å². The lowest BCUT2D eigenvalue weighted by Gasteiger charge is -2.47. The van der Waals surface area contributed by atoms with E-state index in [0.29, 0.717) is 0 Å². The summed E-state index contributed by atoms with van der Waals surface area (Å²) in [6.07, 6.45) is 4.19. The Hall–Kier alpha value is -0.380. The van der Waals surface area contributed by atoms with Gasteiger partial charge < -0.3 is 9.80 Å². The molecule has 2 aliphatic rings. The van der Waals surface area contributed by atoms with Crippen molar-refractivity contribution >= 4 is 0 Å². The first-order valence-corrected chi connectivity index (χ1v) is 9.64. The van der Waals surface area contributed by atoms with Crippen LogP contribution in [0.1, 0.15) is 53.9 Å². The van der Waals surface area contributed by atoms with Crippen molar-refractivity contribution in [3.63, 3.8) is 0 Å². The van der Waals surface area contributed by atoms with Crippen molar-refractivity contribution in [1.29, 1.82) is 0 Å². The number of nitrogens with zero attached hydrogens (tertiary/aromatic N) is 3. The van der Waals surface area contributed by atoms with E-state index < -0.39 is 0 Å². The number of rotatable bonds is 6. The fourth-order valence-electron chi connectivity index (χ4n) is 4.22. The van der Waals surface area contributed by atoms with Crippen molar-refractivity contribution in [1.82, 2.24) is 14.7 Å². The molecule has 0 N–H and O–H groups in total. The van der Waals surface area contributed by atoms with Crippen molar-refractivity contribution in [2.75, 3.05) is 45.8 Å². The minimum atomic E-state index is 0.276. The van der Waals surface area contributed by atoms with E-state index in [-0.39, 0.29) is 5.54 Å². The number of likely N-dealkylation sites (tertiary alicyclic amines) is 1. The Morgan fingerprint density at radius 3 is 2.30 bits per heavy atom. The van der Waals surface area contributed by atoms with Gasteiger partial charge >= 0.3 is 0 Å². The summed E-state index contributed by atoms with van der Waals surface area (Å²) in [6, 6.07) is 0.721. The number of piperazine rings is 1. The maximum atomic E-state index is 4.09. The van der Waals surface area contributed by atoms with Crippen LogP contribution in [-0.4, -0.2) is 72.1 Å². The molecule has 0 amide bonds. The highest BCUT2D eigenvalue weighted by Gasteiger charge is 2.33. The van der Waals surface area contributed by atoms with Gasteiger partial charge in [0.05, 0.1) is 0 Å². The molecule has 0 radical (unpaired) electrons. The van der Waals surface area contributed by atoms with Crippen LogP contribution in [0.25, 0.3) is 0 Å². The quantitative estimate of drug-likeness (QED) is 0.694. The molecular weight excluding hydrogens is 282 g/mol. The van der Waals surface area contributed by atoms with E-state index >= 15 is 0 Å². The molecule has 0 aromatic carbocycles. The fourth-order valence-corrected chi connectivity index (χ4v) is 4.22. The first-order valence-electron chi connectivity index (χ1n) is 9.64. The summed E-state index contributed by atoms with van der Waals surface area (Å²) >= 11 is 0. The SMILES string of the molecule is C=C(C)CN1CCN(CCC2CCN(C(C)C)CC2)CC1(C)C. The second kappa shape index (κ2) is 8.13. The number of hydrogen-bond donors (Lipinski definition) is 0. The van der Waals surface area contributed by atoms with Crippen LogP contribution in [0.2, 0.25) is 0 Å². The zero-order valence-electron chi connectivity index (χ0n) is 16.3. The van der Waals surface area contributed by atoms with Crippen LogP contribution >= 0.6 is 0 Å². The minimum Gasteiger partial charge on any atom is -0.301 e. The average Bonchev–Trinajstić information content (AvgIpc) is 2.47. The molecule has 3 nitrogen and oxygen atoms in total. The lowest BCUT2D eigenvalue weighted by molar-refractivity contribution is 0.0224. The summed E-state index contributed by atoms with van der Waals surface area (Å²) in [4.78, 5) is 7.94. The molecule has 0 spiro atoms. The molecule has 0 saturated carbocycles. The second-order valence-electron chi connectivity index (χ2n) is 8.83. The van der Waals surface area contributed by atoms with Gasteiger partial charge in [-0.2, -0.15) is 0 Å². The zero-order valence-corrected chi connectivity index (χ0v) is 16.3. The van der Waals surface area contributed by atoms with Crippen LogP contribution < -0.4 is 0 Å². The zero-order chi connectivity index (χ0) is 17.0. The molecule has 3 heteroatoms. The topological polar surface area (TPSA) is 9.72 Å². The van der Waals surface area contributed by atoms with Crippen LogP contribution in [0.4, 0.5) is 0 Å². The van der Waals surface area contributed by atoms with Crippen LogP contribution in [0.15, 0.2) is 12.2 Å². The highest BCUT2D eigenvalue weighted by Crippen LogP contribution is 2.25. The van der Waals surface area contributed by atoms with E-state index in [2.05, 4.69) is 55.9 Å². The molecule has 2 rings (SSSR count). The third-order valence-electron chi connectivity index (χ3n) is 5.85. The lowest BCUT2D eigenvalue weighted by atomic mass is 9.92. The van der Waals surface area contributed by atoms with E-state index in [1.165, 1.54) is 64.1 Å². The maximum absolute atomic E-state index is 4.09. The smallest absolute Gasteiger partial charge is 0.0284 e. The Morgan fingerprint density at radius 2 is 1.78 bits per heavy atom. The second-order valence-corrected chi connectivity index (χ2v) is 8.83. The summed E-state index contributed by atoms with van der Waals surface area (Å²) in [7, 11) is 0. The Labute approximate surface area is 144 Å². The fraction of sp³-hybridized carbons (Fsp3) is 0.900. The van der Waals surface area contributed by atoms with Crippen molar-refractivity contribution < 1.29 is 0 Å². The van der Waals surface area contributed by atoms with Gasteiger partial charge in [0.15, 0.2) is 0 Å². The van der Waals surface area contributed by atoms with Crippen molar-refractivity contribution in [2.24, 2.45) is 5.92 Å². The van der Waals surface area contributed by atoms with Gasteiger partial charge in [0, 0.05) is 37.8 Å². The third kappa shape index (κ3) is 5.58. The normalized spacial score (nSPS) is 25.1. The molecule has 0 unspecified atom stereocenters. The van der Waals surface area contributed by atoms with E-state index in [0.717, 1.165) is 18.5 Å². The van der Waals surface area contributed by atoms with Crippen LogP contribution in [-0.2, 0) is 0 Å². The van der Waals surface area contributed by atoms with Gasteiger partial charge in [0.25, 0.3) is 0 Å². The van der Waals surface area contributed by atoms with Crippen LogP contribution in [0.5, 0.6) is 0 Å². The molecule has 0 aliphatic carbocycles. The summed E-state index contributed by atoms with van der Waals surface area (Å²) in [5, 5.41) is 0. The Kier molecular flexibility index (Phi) is 6.70. The maximum Gasteiger partial charge on any atom is 0.0284 e. The van der Waals surface area contributed by atoms with E-state index in [4.69, 9.17) is 0 Å². The predicted octanol–water partition coefficient (Wildman–Crippen LogP) is 3.47. The molecule has 23 heavy (non-hydrogen) atoms. The molecule has 0 aromatic heterocycles. The molecule has 0 atom stereocenters. The van der Waals surface area contributed by atoms with Gasteiger partial charge in [-0.05, 0) is 79.4 Å². The first-order chi connectivity index (χ1) is 10.8. The Balaban J connectivity index is 1.72. The molecule has 2 heterocycles. The summed E-state index contributed by atoms with van der Waals surface area (Å²) in [5.74, 6) is 0.946. The van der Waals surface area contributed by atoms with E-state index in [1.807, 2.05) is 0 Å². The average molecular weight is 322 g/mol. The van der Waals surface area contributed by atoms with Crippen molar-refractivity contribution in [3.05, 3.63) is 12.2 Å². The van der Waals surface area contributed by atoms with Gasteiger partial charge in [-0.15, -0.1) is 0 Å². The Bertz CT molecular complexity index is 380. The largest absolute Gasteiger partial charge is 0.301 e. The third-order valence-corrected chi connectivity index (χ3v) is 5.85. The number of piperidine rings is 1. The van der Waals surface area contributed by atoms with Gasteiger partial charge in [-0.1, -0.05) is 12.2 Å². The first kappa shape index (κ1) is 19.0. The Morgan fingerprint density at radius 1 is 1.13 bits per heavy atom. The monoisotopic (exact) mass is 321 g/mol. The molecule has 2 saturated heterocycles. The predicted molar refractivity (Wildman–Crippen MR) is 101 cm³/mol. The molecule has 2 aliphatic heterocycles. The van der Waals surface area contributed by atoms with Crippen LogP contribution in [0, 0.1) is 5.92 Å². The van der Waals surface area contributed by atoms with Crippen molar-refractivity contribution in [2.45, 2.75) is 65.5 Å². The van der Waals surface area contributed by atoms with E-state index in [9.17, 15) is 0 Å². The highest BCUT2D eigenvalue weighted by molar-refractivity contribution is 4.99. The summed E-state index contributed by atoms with van der Waals surface area (Å²) in [5.41, 5.74) is 1.56. The number of hydrogen-bond acceptors (Lipinski definition) is 3. The highest BCUT2D eigenvalue weighted by atomic mass is 15.3. The van der Waals surface area contributed by atoms with Crippen molar-refractivity contribution in [3.8, 4) is 0 Å². The van der Waals surface area contributed by atoms with Gasteiger partial charge in [0.1, 0.15) is 0 Å². The molecule has 0 bridgehead atoms. The molecular formula is C20H39N3. The van der Waals surface area contributed by atoms with Gasteiger partial charge in [-0.25, -0.2) is 0 Å². The van der Waals surface area contributed by atoms with Crippen LogP contribution in [0.3, 0.4) is 0 Å². The van der Waals surface area contributed by atoms with Gasteiger partial charge in [-0.3, -0.25) is 4.90 Å². The minimum absolute atomic E-state index is 0.276. The lowest BCUT2D eigenvalue weighted by Crippen LogP contribution is -2.59. The summed E-state index contributed by atoms with van der Waals surface area (Å²) < 4.78 is 0. The standard InChI is InChI=1S/C20H39N3/c1-17(2)15-23-14-13-21(16-20(23,5)6)10-7-19-8-11-22(12-9-19)18(3)4/h18-19H,1,7-16H2,2-6H3. The molecule has 134 valence electrons. The molecule has 2 fully saturated rings.